The number of anilines is 1. The molecule has 2 aromatic carbocycles. The Morgan fingerprint density at radius 2 is 1.91 bits per heavy atom. The number of halogens is 1. The Labute approximate surface area is 195 Å². The summed E-state index contributed by atoms with van der Waals surface area (Å²) in [6.45, 7) is 4.36. The highest BCUT2D eigenvalue weighted by atomic mass is 35.5. The minimum atomic E-state index is -3.63. The second-order valence-corrected chi connectivity index (χ2v) is 11.1. The predicted molar refractivity (Wildman–Crippen MR) is 128 cm³/mol. The van der Waals surface area contributed by atoms with Crippen LogP contribution >= 0.6 is 11.6 Å². The van der Waals surface area contributed by atoms with Crippen molar-refractivity contribution in [3.63, 3.8) is 0 Å². The SMILES string of the molecule is C[C@@H]1Cc2ccccc2N1CCCNC(=O)[C@H]1CCCN(S(=O)(=O)c2ccc(Cl)cc2)C1. The van der Waals surface area contributed by atoms with E-state index in [9.17, 15) is 13.2 Å². The molecule has 0 saturated carbocycles. The first-order valence-corrected chi connectivity index (χ1v) is 13.1. The van der Waals surface area contributed by atoms with Gasteiger partial charge in [0.15, 0.2) is 0 Å². The number of hydrogen-bond acceptors (Lipinski definition) is 4. The van der Waals surface area contributed by atoms with E-state index in [2.05, 4.69) is 41.4 Å². The molecule has 1 N–H and O–H groups in total. The molecule has 0 aromatic heterocycles. The molecular formula is C24H30ClN3O3S. The molecule has 8 heteroatoms. The molecule has 0 bridgehead atoms. The smallest absolute Gasteiger partial charge is 0.243 e. The quantitative estimate of drug-likeness (QED) is 0.620. The van der Waals surface area contributed by atoms with Gasteiger partial charge in [-0.2, -0.15) is 4.31 Å². The average Bonchev–Trinajstić information content (AvgIpc) is 3.12. The molecule has 2 aliphatic heterocycles. The van der Waals surface area contributed by atoms with Crippen LogP contribution < -0.4 is 10.2 Å². The summed E-state index contributed by atoms with van der Waals surface area (Å²) in [5, 5.41) is 3.52. The molecule has 172 valence electrons. The van der Waals surface area contributed by atoms with Gasteiger partial charge in [0.2, 0.25) is 15.9 Å². The lowest BCUT2D eigenvalue weighted by molar-refractivity contribution is -0.126. The van der Waals surface area contributed by atoms with Crippen LogP contribution in [0.15, 0.2) is 53.4 Å². The van der Waals surface area contributed by atoms with Gasteiger partial charge in [-0.25, -0.2) is 8.42 Å². The topological polar surface area (TPSA) is 69.7 Å². The Morgan fingerprint density at radius 1 is 1.16 bits per heavy atom. The van der Waals surface area contributed by atoms with Crippen molar-refractivity contribution in [2.75, 3.05) is 31.1 Å². The normalized spacial score (nSPS) is 21.4. The first kappa shape index (κ1) is 23.1. The van der Waals surface area contributed by atoms with E-state index in [1.807, 2.05) is 0 Å². The number of hydrogen-bond donors (Lipinski definition) is 1. The highest BCUT2D eigenvalue weighted by molar-refractivity contribution is 7.89. The molecule has 1 amide bonds. The van der Waals surface area contributed by atoms with Crippen molar-refractivity contribution >= 4 is 33.2 Å². The first-order chi connectivity index (χ1) is 15.4. The van der Waals surface area contributed by atoms with Gasteiger partial charge in [-0.05, 0) is 68.5 Å². The van der Waals surface area contributed by atoms with Crippen LogP contribution in [0.5, 0.6) is 0 Å². The van der Waals surface area contributed by atoms with Crippen molar-refractivity contribution < 1.29 is 13.2 Å². The van der Waals surface area contributed by atoms with Gasteiger partial charge in [-0.15, -0.1) is 0 Å². The van der Waals surface area contributed by atoms with Crippen LogP contribution in [0.25, 0.3) is 0 Å². The van der Waals surface area contributed by atoms with Crippen LogP contribution in [0.1, 0.15) is 31.7 Å². The number of sulfonamides is 1. The van der Waals surface area contributed by atoms with Gasteiger partial charge in [0.25, 0.3) is 0 Å². The molecule has 2 aromatic rings. The maximum Gasteiger partial charge on any atom is 0.243 e. The Balaban J connectivity index is 1.28. The summed E-state index contributed by atoms with van der Waals surface area (Å²) < 4.78 is 27.3. The molecule has 4 rings (SSSR count). The van der Waals surface area contributed by atoms with Crippen LogP contribution in [-0.2, 0) is 21.2 Å². The van der Waals surface area contributed by atoms with Gasteiger partial charge in [-0.3, -0.25) is 4.79 Å². The van der Waals surface area contributed by atoms with E-state index in [0.717, 1.165) is 19.4 Å². The molecule has 2 heterocycles. The molecule has 2 atom stereocenters. The van der Waals surface area contributed by atoms with Gasteiger partial charge < -0.3 is 10.2 Å². The van der Waals surface area contributed by atoms with Crippen molar-refractivity contribution in [3.05, 3.63) is 59.1 Å². The molecule has 0 unspecified atom stereocenters. The van der Waals surface area contributed by atoms with Crippen LogP contribution in [-0.4, -0.2) is 50.9 Å². The molecular weight excluding hydrogens is 446 g/mol. The summed E-state index contributed by atoms with van der Waals surface area (Å²) in [4.78, 5) is 15.4. The highest BCUT2D eigenvalue weighted by Crippen LogP contribution is 2.31. The minimum Gasteiger partial charge on any atom is -0.368 e. The summed E-state index contributed by atoms with van der Waals surface area (Å²) in [6, 6.07) is 15.1. The zero-order chi connectivity index (χ0) is 22.7. The summed E-state index contributed by atoms with van der Waals surface area (Å²) in [6.07, 6.45) is 3.29. The van der Waals surface area contributed by atoms with Gasteiger partial charge in [0.1, 0.15) is 0 Å². The van der Waals surface area contributed by atoms with Crippen LogP contribution in [0.2, 0.25) is 5.02 Å². The number of fused-ring (bicyclic) bond motifs is 1. The highest BCUT2D eigenvalue weighted by Gasteiger charge is 2.33. The fourth-order valence-electron chi connectivity index (χ4n) is 4.71. The lowest BCUT2D eigenvalue weighted by atomic mass is 9.99. The summed E-state index contributed by atoms with van der Waals surface area (Å²) in [5.74, 6) is -0.381. The van der Waals surface area contributed by atoms with E-state index in [-0.39, 0.29) is 23.3 Å². The maximum atomic E-state index is 13.0. The number of rotatable bonds is 7. The van der Waals surface area contributed by atoms with E-state index < -0.39 is 10.0 Å². The molecule has 0 aliphatic carbocycles. The van der Waals surface area contributed by atoms with Gasteiger partial charge in [-0.1, -0.05) is 29.8 Å². The number of benzene rings is 2. The third-order valence-corrected chi connectivity index (χ3v) is 8.56. The fraction of sp³-hybridized carbons (Fsp3) is 0.458. The molecule has 1 fully saturated rings. The lowest BCUT2D eigenvalue weighted by Gasteiger charge is -2.31. The fourth-order valence-corrected chi connectivity index (χ4v) is 6.36. The van der Waals surface area contributed by atoms with Crippen LogP contribution in [0.3, 0.4) is 0 Å². The monoisotopic (exact) mass is 475 g/mol. The zero-order valence-electron chi connectivity index (χ0n) is 18.3. The van der Waals surface area contributed by atoms with Crippen LogP contribution in [0.4, 0.5) is 5.69 Å². The van der Waals surface area contributed by atoms with E-state index in [1.54, 1.807) is 12.1 Å². The third kappa shape index (κ3) is 4.95. The van der Waals surface area contributed by atoms with Crippen molar-refractivity contribution in [2.45, 2.75) is 43.5 Å². The number of carbonyl (C=O) groups is 1. The molecule has 1 saturated heterocycles. The van der Waals surface area contributed by atoms with E-state index >= 15 is 0 Å². The predicted octanol–water partition coefficient (Wildman–Crippen LogP) is 3.70. The number of piperidine rings is 1. The Hall–Kier alpha value is -2.09. The van der Waals surface area contributed by atoms with Gasteiger partial charge in [0, 0.05) is 42.9 Å². The largest absolute Gasteiger partial charge is 0.368 e. The summed E-state index contributed by atoms with van der Waals surface area (Å²) in [7, 11) is -3.63. The van der Waals surface area contributed by atoms with E-state index in [0.29, 0.717) is 37.0 Å². The minimum absolute atomic E-state index is 0.0594. The molecule has 2 aliphatic rings. The number of amides is 1. The van der Waals surface area contributed by atoms with Crippen molar-refractivity contribution in [1.29, 1.82) is 0 Å². The van der Waals surface area contributed by atoms with E-state index in [4.69, 9.17) is 11.6 Å². The van der Waals surface area contributed by atoms with Gasteiger partial charge >= 0.3 is 0 Å². The van der Waals surface area contributed by atoms with Gasteiger partial charge in [0.05, 0.1) is 10.8 Å². The molecule has 6 nitrogen and oxygen atoms in total. The lowest BCUT2D eigenvalue weighted by Crippen LogP contribution is -2.45. The van der Waals surface area contributed by atoms with Crippen molar-refractivity contribution in [3.8, 4) is 0 Å². The zero-order valence-corrected chi connectivity index (χ0v) is 19.9. The standard InChI is InChI=1S/C24H30ClN3O3S/c1-18-16-19-6-2-3-8-23(19)28(18)15-5-13-26-24(29)20-7-4-14-27(17-20)32(30,31)22-11-9-21(25)10-12-22/h2-3,6,8-12,18,20H,4-5,7,13-17H2,1H3,(H,26,29)/t18-,20+/m1/s1. The third-order valence-electron chi connectivity index (χ3n) is 6.43. The maximum absolute atomic E-state index is 13.0. The van der Waals surface area contributed by atoms with Crippen molar-refractivity contribution in [1.82, 2.24) is 9.62 Å². The molecule has 0 spiro atoms. The molecule has 0 radical (unpaired) electrons. The summed E-state index contributed by atoms with van der Waals surface area (Å²) in [5.41, 5.74) is 2.68. The van der Waals surface area contributed by atoms with E-state index in [1.165, 1.54) is 27.7 Å². The second kappa shape index (κ2) is 9.81. The average molecular weight is 476 g/mol. The number of nitrogens with zero attached hydrogens (tertiary/aromatic N) is 2. The van der Waals surface area contributed by atoms with Crippen LogP contribution in [0, 0.1) is 5.92 Å². The molecule has 32 heavy (non-hydrogen) atoms. The second-order valence-electron chi connectivity index (χ2n) is 8.68. The van der Waals surface area contributed by atoms with Crippen molar-refractivity contribution in [2.24, 2.45) is 5.92 Å². The number of nitrogens with one attached hydrogen (secondary N) is 1. The Bertz CT molecular complexity index is 1060. The Morgan fingerprint density at radius 3 is 2.69 bits per heavy atom. The summed E-state index contributed by atoms with van der Waals surface area (Å²) >= 11 is 5.88. The number of para-hydroxylation sites is 1. The number of carbonyl (C=O) groups excluding carboxylic acids is 1. The Kier molecular flexibility index (Phi) is 7.08. The first-order valence-electron chi connectivity index (χ1n) is 11.2.